The number of carboxylic acids is 1. The van der Waals surface area contributed by atoms with Crippen LogP contribution in [0.5, 0.6) is 0 Å². The molecule has 1 aromatic rings. The van der Waals surface area contributed by atoms with Crippen LogP contribution in [0.2, 0.25) is 0 Å². The molecular formula is C16H20N2O3. The SMILES string of the molecule is O=C(O)C1CCC(NC(=O)C2CCNc3ccccc32)C1. The van der Waals surface area contributed by atoms with Crippen molar-refractivity contribution in [3.8, 4) is 0 Å². The predicted molar refractivity (Wildman–Crippen MR) is 79.2 cm³/mol. The van der Waals surface area contributed by atoms with Gasteiger partial charge in [-0.3, -0.25) is 9.59 Å². The van der Waals surface area contributed by atoms with E-state index in [1.807, 2.05) is 24.3 Å². The first-order valence-electron chi connectivity index (χ1n) is 7.51. The lowest BCUT2D eigenvalue weighted by atomic mass is 9.90. The van der Waals surface area contributed by atoms with Gasteiger partial charge in [-0.25, -0.2) is 0 Å². The molecule has 1 aromatic carbocycles. The Morgan fingerprint density at radius 1 is 1.19 bits per heavy atom. The van der Waals surface area contributed by atoms with Gasteiger partial charge in [-0.15, -0.1) is 0 Å². The molecule has 1 heterocycles. The van der Waals surface area contributed by atoms with E-state index in [9.17, 15) is 9.59 Å². The number of carbonyl (C=O) groups is 2. The van der Waals surface area contributed by atoms with Gasteiger partial charge in [0.25, 0.3) is 0 Å². The first kappa shape index (κ1) is 13.9. The van der Waals surface area contributed by atoms with Crippen LogP contribution in [0.15, 0.2) is 24.3 Å². The van der Waals surface area contributed by atoms with Gasteiger partial charge in [0.15, 0.2) is 0 Å². The van der Waals surface area contributed by atoms with E-state index < -0.39 is 5.97 Å². The van der Waals surface area contributed by atoms with Gasteiger partial charge in [0.05, 0.1) is 11.8 Å². The summed E-state index contributed by atoms with van der Waals surface area (Å²) >= 11 is 0. The molecule has 5 heteroatoms. The highest BCUT2D eigenvalue weighted by atomic mass is 16.4. The standard InChI is InChI=1S/C16H20N2O3/c19-15(18-11-6-5-10(9-11)16(20)21)13-7-8-17-14-4-2-1-3-12(13)14/h1-4,10-11,13,17H,5-9H2,(H,18,19)(H,20,21). The number of para-hydroxylation sites is 1. The second-order valence-corrected chi connectivity index (χ2v) is 5.91. The fourth-order valence-corrected chi connectivity index (χ4v) is 3.38. The van der Waals surface area contributed by atoms with Crippen LogP contribution in [-0.2, 0) is 9.59 Å². The van der Waals surface area contributed by atoms with Crippen molar-refractivity contribution >= 4 is 17.6 Å². The summed E-state index contributed by atoms with van der Waals surface area (Å²) < 4.78 is 0. The summed E-state index contributed by atoms with van der Waals surface area (Å²) in [5, 5.41) is 15.4. The molecule has 0 spiro atoms. The molecule has 0 aromatic heterocycles. The molecule has 1 fully saturated rings. The third kappa shape index (κ3) is 2.86. The van der Waals surface area contributed by atoms with E-state index in [1.165, 1.54) is 0 Å². The Morgan fingerprint density at radius 2 is 2.00 bits per heavy atom. The minimum Gasteiger partial charge on any atom is -0.481 e. The van der Waals surface area contributed by atoms with Crippen LogP contribution >= 0.6 is 0 Å². The van der Waals surface area contributed by atoms with Crippen molar-refractivity contribution in [2.24, 2.45) is 5.92 Å². The van der Waals surface area contributed by atoms with Crippen LogP contribution in [0, 0.1) is 5.92 Å². The van der Waals surface area contributed by atoms with Crippen molar-refractivity contribution in [2.75, 3.05) is 11.9 Å². The summed E-state index contributed by atoms with van der Waals surface area (Å²) in [7, 11) is 0. The van der Waals surface area contributed by atoms with Crippen molar-refractivity contribution in [3.63, 3.8) is 0 Å². The Kier molecular flexibility index (Phi) is 3.82. The lowest BCUT2D eigenvalue weighted by Gasteiger charge is -2.27. The van der Waals surface area contributed by atoms with E-state index in [0.717, 1.165) is 30.6 Å². The minimum absolute atomic E-state index is 0.000600. The zero-order valence-corrected chi connectivity index (χ0v) is 11.8. The van der Waals surface area contributed by atoms with Gasteiger partial charge < -0.3 is 15.7 Å². The minimum atomic E-state index is -0.751. The molecule has 3 atom stereocenters. The van der Waals surface area contributed by atoms with Crippen LogP contribution in [0.25, 0.3) is 0 Å². The van der Waals surface area contributed by atoms with E-state index in [0.29, 0.717) is 12.8 Å². The molecule has 1 aliphatic heterocycles. The molecule has 3 rings (SSSR count). The molecule has 3 unspecified atom stereocenters. The van der Waals surface area contributed by atoms with Crippen LogP contribution in [-0.4, -0.2) is 29.6 Å². The smallest absolute Gasteiger partial charge is 0.306 e. The van der Waals surface area contributed by atoms with Crippen molar-refractivity contribution < 1.29 is 14.7 Å². The largest absolute Gasteiger partial charge is 0.481 e. The highest BCUT2D eigenvalue weighted by molar-refractivity contribution is 5.86. The fraction of sp³-hybridized carbons (Fsp3) is 0.500. The van der Waals surface area contributed by atoms with Crippen molar-refractivity contribution in [1.29, 1.82) is 0 Å². The van der Waals surface area contributed by atoms with Crippen LogP contribution < -0.4 is 10.6 Å². The number of aliphatic carboxylic acids is 1. The average molecular weight is 288 g/mol. The summed E-state index contributed by atoms with van der Waals surface area (Å²) in [6.07, 6.45) is 2.74. The number of rotatable bonds is 3. The first-order valence-corrected chi connectivity index (χ1v) is 7.51. The molecule has 3 N–H and O–H groups in total. The van der Waals surface area contributed by atoms with E-state index in [4.69, 9.17) is 5.11 Å². The summed E-state index contributed by atoms with van der Waals surface area (Å²) in [6, 6.07) is 7.88. The summed E-state index contributed by atoms with van der Waals surface area (Å²) in [5.41, 5.74) is 2.06. The number of fused-ring (bicyclic) bond motifs is 1. The van der Waals surface area contributed by atoms with E-state index in [-0.39, 0.29) is 23.8 Å². The maximum Gasteiger partial charge on any atom is 0.306 e. The van der Waals surface area contributed by atoms with Crippen LogP contribution in [0.4, 0.5) is 5.69 Å². The lowest BCUT2D eigenvalue weighted by molar-refractivity contribution is -0.141. The number of amides is 1. The molecule has 112 valence electrons. The van der Waals surface area contributed by atoms with Gasteiger partial charge in [-0.05, 0) is 37.3 Å². The third-order valence-corrected chi connectivity index (χ3v) is 4.53. The Hall–Kier alpha value is -2.04. The van der Waals surface area contributed by atoms with E-state index in [1.54, 1.807) is 0 Å². The van der Waals surface area contributed by atoms with E-state index in [2.05, 4.69) is 10.6 Å². The van der Waals surface area contributed by atoms with Gasteiger partial charge >= 0.3 is 5.97 Å². The zero-order chi connectivity index (χ0) is 14.8. The summed E-state index contributed by atoms with van der Waals surface area (Å²) in [5.74, 6) is -1.17. The van der Waals surface area contributed by atoms with Gasteiger partial charge in [-0.2, -0.15) is 0 Å². The molecule has 1 amide bonds. The predicted octanol–water partition coefficient (Wildman–Crippen LogP) is 1.96. The molecule has 0 radical (unpaired) electrons. The lowest BCUT2D eigenvalue weighted by Crippen LogP contribution is -2.38. The number of hydrogen-bond acceptors (Lipinski definition) is 3. The van der Waals surface area contributed by atoms with Crippen LogP contribution in [0.1, 0.15) is 37.2 Å². The van der Waals surface area contributed by atoms with Crippen LogP contribution in [0.3, 0.4) is 0 Å². The molecule has 5 nitrogen and oxygen atoms in total. The Bertz CT molecular complexity index is 558. The second-order valence-electron chi connectivity index (χ2n) is 5.91. The summed E-state index contributed by atoms with van der Waals surface area (Å²) in [6.45, 7) is 0.789. The zero-order valence-electron chi connectivity index (χ0n) is 11.8. The highest BCUT2D eigenvalue weighted by Gasteiger charge is 2.33. The van der Waals surface area contributed by atoms with Crippen molar-refractivity contribution in [1.82, 2.24) is 5.32 Å². The monoisotopic (exact) mass is 288 g/mol. The van der Waals surface area contributed by atoms with E-state index >= 15 is 0 Å². The molecule has 1 saturated carbocycles. The number of carboxylic acid groups (broad SMARTS) is 1. The van der Waals surface area contributed by atoms with Gasteiger partial charge in [-0.1, -0.05) is 18.2 Å². The van der Waals surface area contributed by atoms with Crippen molar-refractivity contribution in [2.45, 2.75) is 37.6 Å². The highest BCUT2D eigenvalue weighted by Crippen LogP contribution is 2.32. The number of hydrogen-bond donors (Lipinski definition) is 3. The molecule has 2 aliphatic rings. The third-order valence-electron chi connectivity index (χ3n) is 4.53. The second kappa shape index (κ2) is 5.76. The maximum absolute atomic E-state index is 12.5. The number of benzene rings is 1. The van der Waals surface area contributed by atoms with Gasteiger partial charge in [0.1, 0.15) is 0 Å². The number of carbonyl (C=O) groups excluding carboxylic acids is 1. The first-order chi connectivity index (χ1) is 10.1. The van der Waals surface area contributed by atoms with Gasteiger partial charge in [0.2, 0.25) is 5.91 Å². The maximum atomic E-state index is 12.5. The normalized spacial score (nSPS) is 27.5. The molecule has 0 saturated heterocycles. The summed E-state index contributed by atoms with van der Waals surface area (Å²) in [4.78, 5) is 23.5. The molecular weight excluding hydrogens is 268 g/mol. The number of nitrogens with one attached hydrogen (secondary N) is 2. The Labute approximate surface area is 123 Å². The Balaban J connectivity index is 1.66. The molecule has 21 heavy (non-hydrogen) atoms. The van der Waals surface area contributed by atoms with Gasteiger partial charge in [0, 0.05) is 18.3 Å². The van der Waals surface area contributed by atoms with Crippen molar-refractivity contribution in [3.05, 3.63) is 29.8 Å². The molecule has 1 aliphatic carbocycles. The Morgan fingerprint density at radius 3 is 2.76 bits per heavy atom. The number of anilines is 1. The average Bonchev–Trinajstić information content (AvgIpc) is 2.95. The fourth-order valence-electron chi connectivity index (χ4n) is 3.38. The topological polar surface area (TPSA) is 78.4 Å². The molecule has 0 bridgehead atoms. The quantitative estimate of drug-likeness (QED) is 0.794.